The molecule has 0 radical (unpaired) electrons. The van der Waals surface area contributed by atoms with Crippen molar-refractivity contribution in [3.63, 3.8) is 0 Å². The Kier molecular flexibility index (Phi) is 6.29. The number of nitrogens with one attached hydrogen (secondary N) is 2. The van der Waals surface area contributed by atoms with Crippen molar-refractivity contribution in [1.29, 1.82) is 0 Å². The van der Waals surface area contributed by atoms with Gasteiger partial charge in [-0.1, -0.05) is 25.5 Å². The Labute approximate surface area is 136 Å². The van der Waals surface area contributed by atoms with Gasteiger partial charge < -0.3 is 10.6 Å². The van der Waals surface area contributed by atoms with Crippen LogP contribution in [0.4, 0.5) is 5.69 Å². The smallest absolute Gasteiger partial charge is 0.257 e. The van der Waals surface area contributed by atoms with Crippen LogP contribution in [0, 0.1) is 0 Å². The number of pyridine rings is 1. The van der Waals surface area contributed by atoms with Crippen LogP contribution in [0.2, 0.25) is 0 Å². The van der Waals surface area contributed by atoms with Gasteiger partial charge in [-0.25, -0.2) is 0 Å². The molecule has 2 N–H and O–H groups in total. The van der Waals surface area contributed by atoms with Gasteiger partial charge in [0.2, 0.25) is 5.91 Å². The number of carbonyl (C=O) groups is 2. The Morgan fingerprint density at radius 1 is 1.13 bits per heavy atom. The molecule has 1 aromatic heterocycles. The molecular weight excluding hydrogens is 290 g/mol. The molecule has 0 spiro atoms. The second-order valence-corrected chi connectivity index (χ2v) is 5.27. The van der Waals surface area contributed by atoms with Gasteiger partial charge in [-0.3, -0.25) is 14.6 Å². The number of anilines is 1. The molecule has 23 heavy (non-hydrogen) atoms. The van der Waals surface area contributed by atoms with Gasteiger partial charge in [0, 0.05) is 31.0 Å². The maximum absolute atomic E-state index is 12.0. The van der Waals surface area contributed by atoms with Crippen molar-refractivity contribution in [2.75, 3.05) is 5.32 Å². The number of hydrogen-bond acceptors (Lipinski definition) is 3. The van der Waals surface area contributed by atoms with Crippen molar-refractivity contribution < 1.29 is 9.59 Å². The number of hydrogen-bond donors (Lipinski definition) is 2. The summed E-state index contributed by atoms with van der Waals surface area (Å²) in [6.45, 7) is 2.56. The monoisotopic (exact) mass is 311 g/mol. The quantitative estimate of drug-likeness (QED) is 0.825. The first-order valence-corrected chi connectivity index (χ1v) is 7.76. The van der Waals surface area contributed by atoms with E-state index in [1.54, 1.807) is 18.3 Å². The molecule has 120 valence electrons. The topological polar surface area (TPSA) is 71.1 Å². The molecule has 0 saturated heterocycles. The Hall–Kier alpha value is -2.69. The fraction of sp³-hybridized carbons (Fsp3) is 0.278. The third-order valence-corrected chi connectivity index (χ3v) is 3.38. The maximum Gasteiger partial charge on any atom is 0.257 e. The molecule has 2 amide bonds. The summed E-state index contributed by atoms with van der Waals surface area (Å²) in [7, 11) is 0. The van der Waals surface area contributed by atoms with E-state index in [-0.39, 0.29) is 11.8 Å². The number of unbranched alkanes of at least 4 members (excludes halogenated alkanes) is 1. The van der Waals surface area contributed by atoms with Gasteiger partial charge in [0.25, 0.3) is 5.91 Å². The summed E-state index contributed by atoms with van der Waals surface area (Å²) in [5, 5.41) is 5.70. The molecule has 1 heterocycles. The van der Waals surface area contributed by atoms with E-state index < -0.39 is 0 Å². The maximum atomic E-state index is 12.0. The lowest BCUT2D eigenvalue weighted by Gasteiger charge is -2.08. The van der Waals surface area contributed by atoms with E-state index in [9.17, 15) is 9.59 Å². The standard InChI is InChI=1S/C18H21N3O2/c1-2-3-6-17(22)20-12-14-7-9-16(10-8-14)21-18(23)15-5-4-11-19-13-15/h4-5,7-11,13H,2-3,6,12H2,1H3,(H,20,22)(H,21,23). The second-order valence-electron chi connectivity index (χ2n) is 5.27. The normalized spacial score (nSPS) is 10.1. The number of benzene rings is 1. The number of carbonyl (C=O) groups excluding carboxylic acids is 2. The lowest BCUT2D eigenvalue weighted by molar-refractivity contribution is -0.121. The third kappa shape index (κ3) is 5.54. The van der Waals surface area contributed by atoms with Crippen LogP contribution < -0.4 is 10.6 Å². The summed E-state index contributed by atoms with van der Waals surface area (Å²) in [4.78, 5) is 27.5. The van der Waals surface area contributed by atoms with E-state index in [0.29, 0.717) is 24.2 Å². The second kappa shape index (κ2) is 8.68. The van der Waals surface area contributed by atoms with Crippen LogP contribution in [0.3, 0.4) is 0 Å². The molecule has 2 aromatic rings. The molecule has 0 atom stereocenters. The lowest BCUT2D eigenvalue weighted by Crippen LogP contribution is -2.22. The van der Waals surface area contributed by atoms with Crippen LogP contribution in [-0.2, 0) is 11.3 Å². The Morgan fingerprint density at radius 2 is 1.91 bits per heavy atom. The molecule has 5 heteroatoms. The van der Waals surface area contributed by atoms with E-state index in [1.165, 1.54) is 6.20 Å². The van der Waals surface area contributed by atoms with Crippen LogP contribution >= 0.6 is 0 Å². The molecule has 2 rings (SSSR count). The van der Waals surface area contributed by atoms with Gasteiger partial charge in [0.05, 0.1) is 5.56 Å². The zero-order valence-corrected chi connectivity index (χ0v) is 13.2. The minimum atomic E-state index is -0.196. The molecule has 1 aromatic carbocycles. The number of aromatic nitrogens is 1. The number of nitrogens with zero attached hydrogens (tertiary/aromatic N) is 1. The van der Waals surface area contributed by atoms with Gasteiger partial charge in [-0.15, -0.1) is 0 Å². The molecule has 5 nitrogen and oxygen atoms in total. The zero-order chi connectivity index (χ0) is 16.5. The van der Waals surface area contributed by atoms with Gasteiger partial charge in [0.1, 0.15) is 0 Å². The van der Waals surface area contributed by atoms with Crippen LogP contribution in [0.1, 0.15) is 42.1 Å². The fourth-order valence-electron chi connectivity index (χ4n) is 2.03. The van der Waals surface area contributed by atoms with E-state index >= 15 is 0 Å². The third-order valence-electron chi connectivity index (χ3n) is 3.38. The molecule has 0 aliphatic carbocycles. The zero-order valence-electron chi connectivity index (χ0n) is 13.2. The van der Waals surface area contributed by atoms with Crippen molar-refractivity contribution in [2.24, 2.45) is 0 Å². The summed E-state index contributed by atoms with van der Waals surface area (Å²) < 4.78 is 0. The van der Waals surface area contributed by atoms with Crippen molar-refractivity contribution >= 4 is 17.5 Å². The minimum absolute atomic E-state index is 0.0702. The number of rotatable bonds is 7. The summed E-state index contributed by atoms with van der Waals surface area (Å²) in [5.74, 6) is -0.125. The Balaban J connectivity index is 1.85. The van der Waals surface area contributed by atoms with E-state index in [0.717, 1.165) is 18.4 Å². The van der Waals surface area contributed by atoms with Crippen LogP contribution in [0.5, 0.6) is 0 Å². The van der Waals surface area contributed by atoms with Crippen LogP contribution in [-0.4, -0.2) is 16.8 Å². The van der Waals surface area contributed by atoms with Gasteiger partial charge in [-0.05, 0) is 36.2 Å². The van der Waals surface area contributed by atoms with Crippen molar-refractivity contribution in [2.45, 2.75) is 32.7 Å². The summed E-state index contributed by atoms with van der Waals surface area (Å²) >= 11 is 0. The molecular formula is C18H21N3O2. The average molecular weight is 311 g/mol. The molecule has 0 aliphatic rings. The van der Waals surface area contributed by atoms with Gasteiger partial charge >= 0.3 is 0 Å². The predicted octanol–water partition coefficient (Wildman–Crippen LogP) is 3.14. The highest BCUT2D eigenvalue weighted by atomic mass is 16.2. The number of amides is 2. The first kappa shape index (κ1) is 16.7. The SMILES string of the molecule is CCCCC(=O)NCc1ccc(NC(=O)c2cccnc2)cc1. The predicted molar refractivity (Wildman–Crippen MR) is 90.0 cm³/mol. The first-order valence-electron chi connectivity index (χ1n) is 7.76. The summed E-state index contributed by atoms with van der Waals surface area (Å²) in [6, 6.07) is 10.9. The van der Waals surface area contributed by atoms with Crippen molar-refractivity contribution in [3.05, 3.63) is 59.9 Å². The first-order chi connectivity index (χ1) is 11.2. The average Bonchev–Trinajstić information content (AvgIpc) is 2.60. The highest BCUT2D eigenvalue weighted by Crippen LogP contribution is 2.11. The van der Waals surface area contributed by atoms with E-state index in [2.05, 4.69) is 22.5 Å². The molecule has 0 unspecified atom stereocenters. The Morgan fingerprint density at radius 3 is 2.57 bits per heavy atom. The van der Waals surface area contributed by atoms with E-state index in [1.807, 2.05) is 24.3 Å². The van der Waals surface area contributed by atoms with Gasteiger partial charge in [0.15, 0.2) is 0 Å². The van der Waals surface area contributed by atoms with Crippen LogP contribution in [0.15, 0.2) is 48.8 Å². The highest BCUT2D eigenvalue weighted by molar-refractivity contribution is 6.03. The van der Waals surface area contributed by atoms with Gasteiger partial charge in [-0.2, -0.15) is 0 Å². The van der Waals surface area contributed by atoms with Crippen molar-refractivity contribution in [3.8, 4) is 0 Å². The molecule has 0 fully saturated rings. The van der Waals surface area contributed by atoms with Crippen LogP contribution in [0.25, 0.3) is 0 Å². The van der Waals surface area contributed by atoms with E-state index in [4.69, 9.17) is 0 Å². The highest BCUT2D eigenvalue weighted by Gasteiger charge is 2.06. The molecule has 0 bridgehead atoms. The Bertz CT molecular complexity index is 639. The lowest BCUT2D eigenvalue weighted by atomic mass is 10.2. The molecule has 0 saturated carbocycles. The van der Waals surface area contributed by atoms with Crippen molar-refractivity contribution in [1.82, 2.24) is 10.3 Å². The summed E-state index contributed by atoms with van der Waals surface area (Å²) in [6.07, 6.45) is 5.63. The summed E-state index contributed by atoms with van der Waals surface area (Å²) in [5.41, 5.74) is 2.22. The minimum Gasteiger partial charge on any atom is -0.352 e. The fourth-order valence-corrected chi connectivity index (χ4v) is 2.03. The molecule has 0 aliphatic heterocycles. The largest absolute Gasteiger partial charge is 0.352 e.